The molecule has 2 amide bonds. The van der Waals surface area contributed by atoms with Gasteiger partial charge in [0.05, 0.1) is 64.1 Å². The van der Waals surface area contributed by atoms with Gasteiger partial charge in [-0.15, -0.1) is 20.4 Å². The molecule has 17 heteroatoms. The van der Waals surface area contributed by atoms with Gasteiger partial charge in [0.1, 0.15) is 18.8 Å². The lowest BCUT2D eigenvalue weighted by Crippen LogP contribution is -2.50. The zero-order valence-corrected chi connectivity index (χ0v) is 54.5. The zero-order chi connectivity index (χ0) is 63.0. The fourth-order valence-corrected chi connectivity index (χ4v) is 14.5. The number of ketones is 1. The summed E-state index contributed by atoms with van der Waals surface area (Å²) in [5.74, 6) is 1.20. The number of benzene rings is 4. The standard InChI is InChI=1S/C72H93N9O8/c1-11-81-60-42-58-56(41-55(60)47(2)43-71(81,6)7)64(57-40-52-19-13-29-80-30-14-20-54(67(52)80)66(57)72(58,8)9)51-17-12-18-53(39-51)69(85)79(10)28-15-21-63(84)73-27-16-31-86-33-35-88-37-38-89-36-34-87-32-26-59(65-61(82)44-70(4,5)45-62(65)83)74-46-49-22-24-50(25-23-49)68-77-75-48(3)76-78-68/h12,17-18,22-25,39-42,47H,11,13-16,19-21,26-38,43-46H2,1-10H3,(H-,73,74,82,83,84)/p+1. The van der Waals surface area contributed by atoms with Gasteiger partial charge in [0, 0.05) is 111 Å². The molecule has 89 heavy (non-hydrogen) atoms. The maximum Gasteiger partial charge on any atom is 0.253 e. The Morgan fingerprint density at radius 1 is 0.809 bits per heavy atom. The fourth-order valence-electron chi connectivity index (χ4n) is 14.5. The van der Waals surface area contributed by atoms with Gasteiger partial charge in [-0.05, 0) is 146 Å². The largest absolute Gasteiger partial charge is 0.511 e. The second kappa shape index (κ2) is 28.4. The maximum absolute atomic E-state index is 14.3. The summed E-state index contributed by atoms with van der Waals surface area (Å²) in [6.07, 6.45) is 8.23. The van der Waals surface area contributed by atoms with Crippen molar-refractivity contribution in [2.45, 2.75) is 156 Å². The fraction of sp³-hybridized carbons (Fsp3) is 0.542. The van der Waals surface area contributed by atoms with E-state index in [1.54, 1.807) is 11.8 Å². The Labute approximate surface area is 526 Å². The topological polar surface area (TPSA) is 194 Å². The number of hydrogen-bond donors (Lipinski definition) is 2. The molecule has 5 aliphatic rings. The van der Waals surface area contributed by atoms with Crippen molar-refractivity contribution in [2.24, 2.45) is 10.4 Å². The van der Waals surface area contributed by atoms with E-state index in [0.29, 0.717) is 145 Å². The first-order valence-electron chi connectivity index (χ1n) is 32.6. The Bertz CT molecular complexity index is 3610. The minimum absolute atomic E-state index is 0.0421. The van der Waals surface area contributed by atoms with Crippen molar-refractivity contribution in [1.29, 1.82) is 0 Å². The minimum Gasteiger partial charge on any atom is -0.511 e. The number of aliphatic hydroxyl groups is 1. The number of ether oxygens (including phenoxy) is 4. The van der Waals surface area contributed by atoms with E-state index in [1.807, 2.05) is 57.3 Å². The van der Waals surface area contributed by atoms with Crippen LogP contribution in [0.3, 0.4) is 0 Å². The predicted octanol–water partition coefficient (Wildman–Crippen LogP) is 9.28. The molecular formula is C72H94N9O8+. The molecule has 17 nitrogen and oxygen atoms in total. The maximum atomic E-state index is 14.3. The number of nitrogens with one attached hydrogen (secondary N) is 1. The van der Waals surface area contributed by atoms with Gasteiger partial charge < -0.3 is 39.2 Å². The summed E-state index contributed by atoms with van der Waals surface area (Å²) in [7, 11) is 1.84. The van der Waals surface area contributed by atoms with Crippen LogP contribution in [0.2, 0.25) is 0 Å². The molecule has 0 radical (unpaired) electrons. The van der Waals surface area contributed by atoms with Crippen molar-refractivity contribution < 1.29 is 38.4 Å². The summed E-state index contributed by atoms with van der Waals surface area (Å²) >= 11 is 0. The second-order valence-electron chi connectivity index (χ2n) is 26.9. The Hall–Kier alpha value is -7.05. The summed E-state index contributed by atoms with van der Waals surface area (Å²) in [6, 6.07) is 23.5. The number of nitrogens with zero attached hydrogens (tertiary/aromatic N) is 8. The average molecular weight is 1210 g/mol. The van der Waals surface area contributed by atoms with Crippen LogP contribution >= 0.6 is 0 Å². The first-order chi connectivity index (χ1) is 42.7. The van der Waals surface area contributed by atoms with Gasteiger partial charge in [0.25, 0.3) is 5.91 Å². The number of allylic oxidation sites excluding steroid dienone is 2. The summed E-state index contributed by atoms with van der Waals surface area (Å²) < 4.78 is 25.7. The Kier molecular flexibility index (Phi) is 20.7. The summed E-state index contributed by atoms with van der Waals surface area (Å²) in [6.45, 7) is 27.7. The number of hydrogen-bond acceptors (Lipinski definition) is 14. The molecule has 0 fully saturated rings. The molecule has 4 aromatic carbocycles. The van der Waals surface area contributed by atoms with E-state index in [-0.39, 0.29) is 39.7 Å². The van der Waals surface area contributed by atoms with Gasteiger partial charge >= 0.3 is 0 Å². The van der Waals surface area contributed by atoms with E-state index < -0.39 is 0 Å². The number of rotatable bonds is 27. The second-order valence-corrected chi connectivity index (χ2v) is 26.9. The molecule has 10 rings (SSSR count). The molecule has 2 aliphatic carbocycles. The highest BCUT2D eigenvalue weighted by atomic mass is 16.6. The van der Waals surface area contributed by atoms with Crippen LogP contribution in [-0.4, -0.2) is 152 Å². The molecular weight excluding hydrogens is 1120 g/mol. The van der Waals surface area contributed by atoms with Crippen molar-refractivity contribution in [3.8, 4) is 11.4 Å². The number of aromatic nitrogens is 4. The van der Waals surface area contributed by atoms with Gasteiger partial charge in [-0.1, -0.05) is 71.0 Å². The number of Topliss-reactive ketones (excluding diaryl/α,β-unsaturated/α-hetero) is 1. The van der Waals surface area contributed by atoms with Crippen molar-refractivity contribution in [3.63, 3.8) is 0 Å². The molecule has 1 aromatic heterocycles. The number of aliphatic imine (C=N–C) groups is 1. The number of aryl methyl sites for hydroxylation is 2. The zero-order valence-electron chi connectivity index (χ0n) is 54.5. The van der Waals surface area contributed by atoms with Crippen molar-refractivity contribution >= 4 is 34.6 Å². The molecule has 4 heterocycles. The highest BCUT2D eigenvalue weighted by molar-refractivity contribution is 6.23. The van der Waals surface area contributed by atoms with Gasteiger partial charge in [-0.25, -0.2) is 4.58 Å². The average Bonchev–Trinajstić information content (AvgIpc) is 0.699. The Balaban J connectivity index is 0.635. The quantitative estimate of drug-likeness (QED) is 0.0287. The molecule has 5 aromatic rings. The lowest BCUT2D eigenvalue weighted by molar-refractivity contribution is -0.121. The molecule has 3 aliphatic heterocycles. The molecule has 0 spiro atoms. The number of amides is 2. The molecule has 0 bridgehead atoms. The van der Waals surface area contributed by atoms with Crippen LogP contribution in [0.5, 0.6) is 0 Å². The van der Waals surface area contributed by atoms with Crippen molar-refractivity contribution in [2.75, 3.05) is 97.5 Å². The molecule has 474 valence electrons. The van der Waals surface area contributed by atoms with E-state index in [1.165, 1.54) is 61.6 Å². The van der Waals surface area contributed by atoms with Crippen LogP contribution in [0.25, 0.3) is 17.0 Å². The van der Waals surface area contributed by atoms with E-state index >= 15 is 0 Å². The van der Waals surface area contributed by atoms with Crippen molar-refractivity contribution in [3.05, 3.63) is 145 Å². The number of anilines is 1. The Morgan fingerprint density at radius 2 is 1.49 bits per heavy atom. The summed E-state index contributed by atoms with van der Waals surface area (Å²) in [5, 5.41) is 33.0. The van der Waals surface area contributed by atoms with E-state index in [4.69, 9.17) is 23.9 Å². The number of carbonyl (C=O) groups is 3. The van der Waals surface area contributed by atoms with Crippen LogP contribution in [0.15, 0.2) is 83.1 Å². The van der Waals surface area contributed by atoms with Gasteiger partial charge in [0.2, 0.25) is 17.1 Å². The van der Waals surface area contributed by atoms with Crippen LogP contribution in [-0.2, 0) is 53.3 Å². The van der Waals surface area contributed by atoms with Crippen LogP contribution in [0.4, 0.5) is 5.69 Å². The number of aliphatic hydroxyl groups excluding tert-OH is 1. The third kappa shape index (κ3) is 14.9. The SMILES string of the molecule is CCN1c2cc3c(cc2C(C)CC1(C)C)C(c1cccc(C(=O)N(C)CCCC(=O)NCCCOCCOCCOCCOCCC(=NCc2ccc(-c4nnc(C)nn4)cc2)C2=C(O)CC(C)(C)CC2=O)c1)=c1cc2c4c(c1C3(C)C)CCC[N+]=4CCC2. The summed E-state index contributed by atoms with van der Waals surface area (Å²) in [5.41, 5.74) is 14.9. The van der Waals surface area contributed by atoms with E-state index in [9.17, 15) is 19.5 Å². The van der Waals surface area contributed by atoms with E-state index in [2.05, 4.69) is 107 Å². The van der Waals surface area contributed by atoms with Gasteiger partial charge in [0.15, 0.2) is 11.6 Å². The molecule has 1 atom stereocenters. The van der Waals surface area contributed by atoms with Crippen LogP contribution in [0.1, 0.15) is 180 Å². The van der Waals surface area contributed by atoms with Crippen LogP contribution in [0, 0.1) is 12.3 Å². The van der Waals surface area contributed by atoms with Crippen molar-refractivity contribution in [1.82, 2.24) is 35.2 Å². The Morgan fingerprint density at radius 3 is 2.19 bits per heavy atom. The summed E-state index contributed by atoms with van der Waals surface area (Å²) in [4.78, 5) is 49.7. The number of carbonyl (C=O) groups excluding carboxylic acids is 3. The predicted molar refractivity (Wildman–Crippen MR) is 348 cm³/mol. The highest BCUT2D eigenvalue weighted by Gasteiger charge is 2.43. The lowest BCUT2D eigenvalue weighted by Gasteiger charge is -2.48. The van der Waals surface area contributed by atoms with Gasteiger partial charge in [-0.2, -0.15) is 0 Å². The molecule has 0 saturated heterocycles. The first kappa shape index (κ1) is 64.9. The van der Waals surface area contributed by atoms with Crippen LogP contribution < -0.4 is 25.4 Å². The highest BCUT2D eigenvalue weighted by Crippen LogP contribution is 2.50. The molecule has 2 N–H and O–H groups in total. The third-order valence-electron chi connectivity index (χ3n) is 18.6. The smallest absolute Gasteiger partial charge is 0.253 e. The lowest BCUT2D eigenvalue weighted by atomic mass is 9.65. The minimum atomic E-state index is -0.325. The normalized spacial score (nSPS) is 18.1. The molecule has 1 unspecified atom stereocenters. The first-order valence-corrected chi connectivity index (χ1v) is 32.6. The third-order valence-corrected chi connectivity index (χ3v) is 18.6. The van der Waals surface area contributed by atoms with Gasteiger partial charge in [-0.3, -0.25) is 19.4 Å². The molecule has 0 saturated carbocycles. The monoisotopic (exact) mass is 1210 g/mol. The number of fused-ring (bicyclic) bond motifs is 4. The van der Waals surface area contributed by atoms with E-state index in [0.717, 1.165) is 62.0 Å².